The van der Waals surface area contributed by atoms with E-state index in [-0.39, 0.29) is 6.61 Å². The largest absolute Gasteiger partial charge is 0.489 e. The molecular formula is C15H21Cl2NO3. The van der Waals surface area contributed by atoms with Gasteiger partial charge in [-0.25, -0.2) is 0 Å². The predicted octanol–water partition coefficient (Wildman–Crippen LogP) is 2.75. The van der Waals surface area contributed by atoms with Crippen molar-refractivity contribution in [3.8, 4) is 5.75 Å². The SMILES string of the molecule is OC(CNCC1CCOCC1)COc1cccc(Cl)c1Cl. The molecule has 1 aromatic carbocycles. The molecule has 1 aliphatic rings. The van der Waals surface area contributed by atoms with Gasteiger partial charge < -0.3 is 19.9 Å². The van der Waals surface area contributed by atoms with Crippen LogP contribution in [0.3, 0.4) is 0 Å². The number of rotatable bonds is 7. The van der Waals surface area contributed by atoms with Crippen LogP contribution in [0.15, 0.2) is 18.2 Å². The van der Waals surface area contributed by atoms with Crippen LogP contribution in [0.5, 0.6) is 5.75 Å². The van der Waals surface area contributed by atoms with Gasteiger partial charge in [-0.15, -0.1) is 0 Å². The summed E-state index contributed by atoms with van der Waals surface area (Å²) in [7, 11) is 0. The van der Waals surface area contributed by atoms with Gasteiger partial charge in [0.2, 0.25) is 0 Å². The minimum Gasteiger partial charge on any atom is -0.489 e. The molecule has 1 saturated heterocycles. The number of nitrogens with one attached hydrogen (secondary N) is 1. The van der Waals surface area contributed by atoms with E-state index in [9.17, 15) is 5.11 Å². The fraction of sp³-hybridized carbons (Fsp3) is 0.600. The zero-order valence-corrected chi connectivity index (χ0v) is 13.4. The standard InChI is InChI=1S/C15H21Cl2NO3/c16-13-2-1-3-14(15(13)17)21-10-12(19)9-18-8-11-4-6-20-7-5-11/h1-3,11-12,18-19H,4-10H2. The maximum Gasteiger partial charge on any atom is 0.139 e. The van der Waals surface area contributed by atoms with Crippen LogP contribution in [0.2, 0.25) is 10.0 Å². The smallest absolute Gasteiger partial charge is 0.139 e. The van der Waals surface area contributed by atoms with Gasteiger partial charge in [0.25, 0.3) is 0 Å². The monoisotopic (exact) mass is 333 g/mol. The van der Waals surface area contributed by atoms with E-state index in [1.54, 1.807) is 18.2 Å². The molecule has 0 aliphatic carbocycles. The Morgan fingerprint density at radius 3 is 2.86 bits per heavy atom. The van der Waals surface area contributed by atoms with E-state index in [0.717, 1.165) is 32.6 Å². The van der Waals surface area contributed by atoms with Crippen molar-refractivity contribution in [2.75, 3.05) is 32.9 Å². The first kappa shape index (κ1) is 16.8. The van der Waals surface area contributed by atoms with Crippen LogP contribution in [0.1, 0.15) is 12.8 Å². The van der Waals surface area contributed by atoms with Crippen molar-refractivity contribution in [2.45, 2.75) is 18.9 Å². The molecule has 1 aliphatic heterocycles. The summed E-state index contributed by atoms with van der Waals surface area (Å²) in [5.41, 5.74) is 0. The van der Waals surface area contributed by atoms with E-state index in [2.05, 4.69) is 5.32 Å². The van der Waals surface area contributed by atoms with Crippen molar-refractivity contribution < 1.29 is 14.6 Å². The second-order valence-corrected chi connectivity index (χ2v) is 6.02. The molecule has 2 N–H and O–H groups in total. The molecule has 1 atom stereocenters. The highest BCUT2D eigenvalue weighted by Crippen LogP contribution is 2.31. The van der Waals surface area contributed by atoms with Gasteiger partial charge in [0, 0.05) is 19.8 Å². The van der Waals surface area contributed by atoms with Gasteiger partial charge in [0.15, 0.2) is 0 Å². The van der Waals surface area contributed by atoms with Gasteiger partial charge >= 0.3 is 0 Å². The van der Waals surface area contributed by atoms with Crippen LogP contribution in [-0.4, -0.2) is 44.1 Å². The molecule has 1 fully saturated rings. The Morgan fingerprint density at radius 1 is 1.33 bits per heavy atom. The number of benzene rings is 1. The summed E-state index contributed by atoms with van der Waals surface area (Å²) in [5, 5.41) is 14.0. The van der Waals surface area contributed by atoms with Crippen molar-refractivity contribution in [2.24, 2.45) is 5.92 Å². The quantitative estimate of drug-likeness (QED) is 0.805. The summed E-state index contributed by atoms with van der Waals surface area (Å²) in [5.74, 6) is 1.13. The minimum absolute atomic E-state index is 0.181. The highest BCUT2D eigenvalue weighted by atomic mass is 35.5. The van der Waals surface area contributed by atoms with Crippen LogP contribution in [0.25, 0.3) is 0 Å². The Bertz CT molecular complexity index is 439. The van der Waals surface area contributed by atoms with Gasteiger partial charge in [-0.3, -0.25) is 0 Å². The molecule has 1 aromatic rings. The molecule has 0 bridgehead atoms. The second-order valence-electron chi connectivity index (χ2n) is 5.23. The second kappa shape index (κ2) is 8.81. The van der Waals surface area contributed by atoms with Crippen molar-refractivity contribution in [3.63, 3.8) is 0 Å². The highest BCUT2D eigenvalue weighted by Gasteiger charge is 2.14. The molecule has 0 amide bonds. The lowest BCUT2D eigenvalue weighted by Gasteiger charge is -2.23. The molecule has 2 rings (SSSR count). The summed E-state index contributed by atoms with van der Waals surface area (Å²) < 4.78 is 10.8. The van der Waals surface area contributed by atoms with Gasteiger partial charge in [-0.1, -0.05) is 29.3 Å². The first-order valence-electron chi connectivity index (χ1n) is 7.20. The van der Waals surface area contributed by atoms with Gasteiger partial charge in [-0.2, -0.15) is 0 Å². The van der Waals surface area contributed by atoms with Crippen molar-refractivity contribution >= 4 is 23.2 Å². The number of aliphatic hydroxyl groups excluding tert-OH is 1. The summed E-state index contributed by atoms with van der Waals surface area (Å²) in [4.78, 5) is 0. The Kier molecular flexibility index (Phi) is 7.07. The summed E-state index contributed by atoms with van der Waals surface area (Å²) in [6.07, 6.45) is 1.58. The molecule has 1 heterocycles. The fourth-order valence-corrected chi connectivity index (χ4v) is 2.59. The number of aliphatic hydroxyl groups is 1. The van der Waals surface area contributed by atoms with Crippen LogP contribution in [0.4, 0.5) is 0 Å². The molecule has 118 valence electrons. The average Bonchev–Trinajstić information content (AvgIpc) is 2.50. The summed E-state index contributed by atoms with van der Waals surface area (Å²) in [6.45, 7) is 3.26. The molecule has 0 saturated carbocycles. The lowest BCUT2D eigenvalue weighted by Crippen LogP contribution is -2.35. The first-order valence-corrected chi connectivity index (χ1v) is 7.95. The van der Waals surface area contributed by atoms with Crippen LogP contribution in [0, 0.1) is 5.92 Å². The van der Waals surface area contributed by atoms with Gasteiger partial charge in [0.1, 0.15) is 23.5 Å². The van der Waals surface area contributed by atoms with Crippen molar-refractivity contribution in [1.82, 2.24) is 5.32 Å². The van der Waals surface area contributed by atoms with E-state index >= 15 is 0 Å². The Balaban J connectivity index is 1.65. The average molecular weight is 334 g/mol. The zero-order chi connectivity index (χ0) is 15.1. The Labute approximate surface area is 135 Å². The van der Waals surface area contributed by atoms with E-state index in [0.29, 0.717) is 28.3 Å². The molecular weight excluding hydrogens is 313 g/mol. The van der Waals surface area contributed by atoms with Crippen molar-refractivity contribution in [3.05, 3.63) is 28.2 Å². The zero-order valence-electron chi connectivity index (χ0n) is 11.9. The maximum atomic E-state index is 9.91. The molecule has 1 unspecified atom stereocenters. The number of ether oxygens (including phenoxy) is 2. The van der Waals surface area contributed by atoms with Crippen LogP contribution in [-0.2, 0) is 4.74 Å². The molecule has 0 aromatic heterocycles. The fourth-order valence-electron chi connectivity index (χ4n) is 2.24. The van der Waals surface area contributed by atoms with E-state index in [1.807, 2.05) is 0 Å². The van der Waals surface area contributed by atoms with Crippen LogP contribution < -0.4 is 10.1 Å². The first-order chi connectivity index (χ1) is 10.2. The normalized spacial score (nSPS) is 17.7. The third-order valence-corrected chi connectivity index (χ3v) is 4.30. The Hall–Kier alpha value is -0.520. The van der Waals surface area contributed by atoms with Gasteiger partial charge in [0.05, 0.1) is 5.02 Å². The van der Waals surface area contributed by atoms with E-state index in [1.165, 1.54) is 0 Å². The molecule has 21 heavy (non-hydrogen) atoms. The number of halogens is 2. The molecule has 6 heteroatoms. The molecule has 0 spiro atoms. The van der Waals surface area contributed by atoms with E-state index < -0.39 is 6.10 Å². The lowest BCUT2D eigenvalue weighted by molar-refractivity contribution is 0.0630. The summed E-state index contributed by atoms with van der Waals surface area (Å²) >= 11 is 11.9. The lowest BCUT2D eigenvalue weighted by atomic mass is 10.0. The third kappa shape index (κ3) is 5.64. The molecule has 4 nitrogen and oxygen atoms in total. The topological polar surface area (TPSA) is 50.7 Å². The predicted molar refractivity (Wildman–Crippen MR) is 84.4 cm³/mol. The molecule has 0 radical (unpaired) electrons. The van der Waals surface area contributed by atoms with Crippen molar-refractivity contribution in [1.29, 1.82) is 0 Å². The maximum absolute atomic E-state index is 9.91. The third-order valence-electron chi connectivity index (χ3n) is 3.50. The Morgan fingerprint density at radius 2 is 2.10 bits per heavy atom. The minimum atomic E-state index is -0.583. The number of hydrogen-bond acceptors (Lipinski definition) is 4. The number of hydrogen-bond donors (Lipinski definition) is 2. The highest BCUT2D eigenvalue weighted by molar-refractivity contribution is 6.42. The summed E-state index contributed by atoms with van der Waals surface area (Å²) in [6, 6.07) is 5.19. The van der Waals surface area contributed by atoms with E-state index in [4.69, 9.17) is 32.7 Å². The van der Waals surface area contributed by atoms with Crippen LogP contribution >= 0.6 is 23.2 Å². The van der Waals surface area contributed by atoms with Gasteiger partial charge in [-0.05, 0) is 37.4 Å².